The first-order chi connectivity index (χ1) is 11.5. The molecule has 3 rings (SSSR count). The molecule has 0 bridgehead atoms. The summed E-state index contributed by atoms with van der Waals surface area (Å²) < 4.78 is 26.5. The summed E-state index contributed by atoms with van der Waals surface area (Å²) in [5, 5.41) is -0.103. The molecule has 24 heavy (non-hydrogen) atoms. The van der Waals surface area contributed by atoms with Gasteiger partial charge in [0.2, 0.25) is 5.91 Å². The van der Waals surface area contributed by atoms with E-state index in [0.717, 1.165) is 38.1 Å². The van der Waals surface area contributed by atoms with E-state index >= 15 is 0 Å². The second-order valence-corrected chi connectivity index (χ2v) is 6.75. The van der Waals surface area contributed by atoms with Crippen molar-refractivity contribution in [2.45, 2.75) is 25.7 Å². The van der Waals surface area contributed by atoms with Crippen LogP contribution in [0.4, 0.5) is 8.78 Å². The maximum Gasteiger partial charge on any atom is 0.255 e. The van der Waals surface area contributed by atoms with E-state index in [1.807, 2.05) is 4.90 Å². The Kier molecular flexibility index (Phi) is 5.04. The van der Waals surface area contributed by atoms with Gasteiger partial charge < -0.3 is 9.80 Å². The SMILES string of the molecule is O=C(c1cc(F)c(F)cc1Cl)N1CCC(C(=O)N2CCCC2)CC1. The van der Waals surface area contributed by atoms with Crippen LogP contribution in [0, 0.1) is 17.6 Å². The molecule has 4 nitrogen and oxygen atoms in total. The highest BCUT2D eigenvalue weighted by Crippen LogP contribution is 2.26. The fourth-order valence-electron chi connectivity index (χ4n) is 3.38. The number of carbonyl (C=O) groups excluding carboxylic acids is 2. The Morgan fingerprint density at radius 2 is 1.54 bits per heavy atom. The standard InChI is InChI=1S/C17H19ClF2N2O2/c18-13-10-15(20)14(19)9-12(13)17(24)22-7-3-11(4-8-22)16(23)21-5-1-2-6-21/h9-11H,1-8H2. The van der Waals surface area contributed by atoms with Crippen molar-refractivity contribution in [2.24, 2.45) is 5.92 Å². The lowest BCUT2D eigenvalue weighted by Gasteiger charge is -2.33. The van der Waals surface area contributed by atoms with Crippen LogP contribution in [0.3, 0.4) is 0 Å². The summed E-state index contributed by atoms with van der Waals surface area (Å²) in [6.45, 7) is 2.47. The first-order valence-electron chi connectivity index (χ1n) is 8.20. The van der Waals surface area contributed by atoms with Gasteiger partial charge in [0.15, 0.2) is 11.6 Å². The van der Waals surface area contributed by atoms with Gasteiger partial charge in [-0.15, -0.1) is 0 Å². The molecule has 1 aromatic carbocycles. The molecule has 0 aliphatic carbocycles. The fourth-order valence-corrected chi connectivity index (χ4v) is 3.61. The number of hydrogen-bond donors (Lipinski definition) is 0. The molecular weight excluding hydrogens is 338 g/mol. The molecule has 0 unspecified atom stereocenters. The predicted octanol–water partition coefficient (Wildman–Crippen LogP) is 3.09. The van der Waals surface area contributed by atoms with E-state index in [4.69, 9.17) is 11.6 Å². The molecule has 2 aliphatic rings. The monoisotopic (exact) mass is 356 g/mol. The lowest BCUT2D eigenvalue weighted by atomic mass is 9.95. The Labute approximate surface area is 144 Å². The predicted molar refractivity (Wildman–Crippen MR) is 85.8 cm³/mol. The third-order valence-electron chi connectivity index (χ3n) is 4.79. The zero-order valence-corrected chi connectivity index (χ0v) is 14.0. The minimum absolute atomic E-state index is 0.0418. The molecule has 2 aliphatic heterocycles. The molecule has 0 atom stereocenters. The molecule has 7 heteroatoms. The average molecular weight is 357 g/mol. The van der Waals surface area contributed by atoms with Gasteiger partial charge in [-0.05, 0) is 37.8 Å². The molecule has 1 aromatic rings. The summed E-state index contributed by atoms with van der Waals surface area (Å²) in [5.41, 5.74) is -0.0418. The first kappa shape index (κ1) is 17.1. The van der Waals surface area contributed by atoms with Crippen LogP contribution in [-0.2, 0) is 4.79 Å². The van der Waals surface area contributed by atoms with Gasteiger partial charge in [0.05, 0.1) is 10.6 Å². The van der Waals surface area contributed by atoms with Crippen LogP contribution in [0.5, 0.6) is 0 Å². The van der Waals surface area contributed by atoms with Crippen molar-refractivity contribution < 1.29 is 18.4 Å². The van der Waals surface area contributed by atoms with Crippen LogP contribution in [0.2, 0.25) is 5.02 Å². The minimum atomic E-state index is -1.10. The van der Waals surface area contributed by atoms with Crippen LogP contribution >= 0.6 is 11.6 Å². The molecule has 0 aromatic heterocycles. The Balaban J connectivity index is 1.63. The van der Waals surface area contributed by atoms with Crippen LogP contribution in [0.1, 0.15) is 36.0 Å². The van der Waals surface area contributed by atoms with Crippen molar-refractivity contribution in [3.8, 4) is 0 Å². The number of nitrogens with zero attached hydrogens (tertiary/aromatic N) is 2. The van der Waals surface area contributed by atoms with E-state index in [0.29, 0.717) is 25.9 Å². The number of benzene rings is 1. The minimum Gasteiger partial charge on any atom is -0.342 e. The van der Waals surface area contributed by atoms with E-state index in [9.17, 15) is 18.4 Å². The quantitative estimate of drug-likeness (QED) is 0.764. The van der Waals surface area contributed by atoms with Crippen LogP contribution < -0.4 is 0 Å². The largest absolute Gasteiger partial charge is 0.342 e. The highest BCUT2D eigenvalue weighted by molar-refractivity contribution is 6.33. The number of halogens is 3. The Morgan fingerprint density at radius 1 is 0.958 bits per heavy atom. The molecule has 0 radical (unpaired) electrons. The van der Waals surface area contributed by atoms with Gasteiger partial charge in [-0.2, -0.15) is 0 Å². The van der Waals surface area contributed by atoms with Crippen molar-refractivity contribution in [3.63, 3.8) is 0 Å². The zero-order valence-electron chi connectivity index (χ0n) is 13.2. The number of hydrogen-bond acceptors (Lipinski definition) is 2. The Morgan fingerprint density at radius 3 is 2.17 bits per heavy atom. The van der Waals surface area contributed by atoms with E-state index in [2.05, 4.69) is 0 Å². The normalized spacial score (nSPS) is 19.0. The first-order valence-corrected chi connectivity index (χ1v) is 8.58. The molecule has 0 saturated carbocycles. The number of rotatable bonds is 2. The fraction of sp³-hybridized carbons (Fsp3) is 0.529. The summed E-state index contributed by atoms with van der Waals surface area (Å²) in [6, 6.07) is 1.65. The second-order valence-electron chi connectivity index (χ2n) is 6.35. The van der Waals surface area contributed by atoms with E-state index in [1.54, 1.807) is 4.90 Å². The average Bonchev–Trinajstić information content (AvgIpc) is 3.11. The lowest BCUT2D eigenvalue weighted by Crippen LogP contribution is -2.43. The highest BCUT2D eigenvalue weighted by Gasteiger charge is 2.32. The number of piperidine rings is 1. The second kappa shape index (κ2) is 7.05. The third kappa shape index (κ3) is 3.38. The van der Waals surface area contributed by atoms with E-state index in [1.165, 1.54) is 0 Å². The smallest absolute Gasteiger partial charge is 0.255 e. The topological polar surface area (TPSA) is 40.6 Å². The van der Waals surface area contributed by atoms with Crippen LogP contribution in [-0.4, -0.2) is 47.8 Å². The van der Waals surface area contributed by atoms with Crippen LogP contribution in [0.25, 0.3) is 0 Å². The summed E-state index contributed by atoms with van der Waals surface area (Å²) in [7, 11) is 0. The van der Waals surface area contributed by atoms with Gasteiger partial charge in [0.25, 0.3) is 5.91 Å². The van der Waals surface area contributed by atoms with Crippen molar-refractivity contribution in [2.75, 3.05) is 26.2 Å². The number of carbonyl (C=O) groups is 2. The maximum absolute atomic E-state index is 13.4. The van der Waals surface area contributed by atoms with Gasteiger partial charge in [0, 0.05) is 32.1 Å². The van der Waals surface area contributed by atoms with Gasteiger partial charge >= 0.3 is 0 Å². The molecule has 2 fully saturated rings. The molecule has 0 N–H and O–H groups in total. The van der Waals surface area contributed by atoms with Gasteiger partial charge in [-0.25, -0.2) is 8.78 Å². The van der Waals surface area contributed by atoms with Crippen LogP contribution in [0.15, 0.2) is 12.1 Å². The molecular formula is C17H19ClF2N2O2. The number of amides is 2. The van der Waals surface area contributed by atoms with Crippen molar-refractivity contribution in [1.82, 2.24) is 9.80 Å². The third-order valence-corrected chi connectivity index (χ3v) is 5.10. The zero-order chi connectivity index (χ0) is 17.3. The summed E-state index contributed by atoms with van der Waals surface area (Å²) in [5.74, 6) is -2.49. The van der Waals surface area contributed by atoms with Gasteiger partial charge in [0.1, 0.15) is 0 Å². The molecule has 2 saturated heterocycles. The molecule has 0 spiro atoms. The van der Waals surface area contributed by atoms with Gasteiger partial charge in [-0.3, -0.25) is 9.59 Å². The van der Waals surface area contributed by atoms with Crippen molar-refractivity contribution >= 4 is 23.4 Å². The Hall–Kier alpha value is -1.69. The summed E-state index contributed by atoms with van der Waals surface area (Å²) in [4.78, 5) is 28.3. The molecule has 2 amide bonds. The summed E-state index contributed by atoms with van der Waals surface area (Å²) >= 11 is 5.87. The molecule has 130 valence electrons. The van der Waals surface area contributed by atoms with Crippen molar-refractivity contribution in [3.05, 3.63) is 34.4 Å². The summed E-state index contributed by atoms with van der Waals surface area (Å²) in [6.07, 6.45) is 3.28. The number of likely N-dealkylation sites (tertiary alicyclic amines) is 2. The highest BCUT2D eigenvalue weighted by atomic mass is 35.5. The van der Waals surface area contributed by atoms with E-state index in [-0.39, 0.29) is 22.4 Å². The van der Waals surface area contributed by atoms with E-state index < -0.39 is 17.5 Å². The maximum atomic E-state index is 13.4. The molecule has 2 heterocycles. The lowest BCUT2D eigenvalue weighted by molar-refractivity contribution is -0.135. The Bertz CT molecular complexity index is 654. The van der Waals surface area contributed by atoms with Crippen molar-refractivity contribution in [1.29, 1.82) is 0 Å². The van der Waals surface area contributed by atoms with Gasteiger partial charge in [-0.1, -0.05) is 11.6 Å².